The zero-order valence-corrected chi connectivity index (χ0v) is 14.9. The molecular formula is C20H17N3O4. The number of nitrogens with zero attached hydrogens (tertiary/aromatic N) is 2. The number of imide groups is 1. The fourth-order valence-corrected chi connectivity index (χ4v) is 2.98. The summed E-state index contributed by atoms with van der Waals surface area (Å²) in [5.74, 6) is -0.860. The van der Waals surface area contributed by atoms with Crippen molar-refractivity contribution < 1.29 is 19.1 Å². The van der Waals surface area contributed by atoms with Crippen LogP contribution in [0, 0.1) is 11.3 Å². The first-order valence-corrected chi connectivity index (χ1v) is 8.21. The van der Waals surface area contributed by atoms with E-state index in [1.807, 2.05) is 6.07 Å². The number of urea groups is 1. The maximum absolute atomic E-state index is 12.9. The minimum atomic E-state index is -1.24. The van der Waals surface area contributed by atoms with Crippen LogP contribution in [-0.4, -0.2) is 29.9 Å². The van der Waals surface area contributed by atoms with Gasteiger partial charge in [-0.2, -0.15) is 5.26 Å². The number of benzene rings is 2. The van der Waals surface area contributed by atoms with Crippen molar-refractivity contribution in [2.24, 2.45) is 0 Å². The summed E-state index contributed by atoms with van der Waals surface area (Å²) in [7, 11) is 1.30. The van der Waals surface area contributed by atoms with Gasteiger partial charge in [-0.3, -0.25) is 9.69 Å². The molecule has 2 aromatic carbocycles. The van der Waals surface area contributed by atoms with E-state index >= 15 is 0 Å². The molecule has 136 valence electrons. The zero-order valence-electron chi connectivity index (χ0n) is 14.9. The number of carbonyl (C=O) groups excluding carboxylic acids is 3. The van der Waals surface area contributed by atoms with Gasteiger partial charge in [0.1, 0.15) is 5.54 Å². The van der Waals surface area contributed by atoms with Gasteiger partial charge in [-0.05, 0) is 42.3 Å². The number of nitriles is 1. The highest BCUT2D eigenvalue weighted by Crippen LogP contribution is 2.30. The molecule has 1 aliphatic rings. The predicted octanol–water partition coefficient (Wildman–Crippen LogP) is 2.31. The molecule has 0 spiro atoms. The molecular weight excluding hydrogens is 346 g/mol. The van der Waals surface area contributed by atoms with Crippen molar-refractivity contribution in [2.45, 2.75) is 19.0 Å². The van der Waals surface area contributed by atoms with Crippen LogP contribution in [0.25, 0.3) is 0 Å². The first kappa shape index (κ1) is 18.1. The summed E-state index contributed by atoms with van der Waals surface area (Å²) < 4.78 is 4.65. The number of carbonyl (C=O) groups is 3. The van der Waals surface area contributed by atoms with Gasteiger partial charge in [0.25, 0.3) is 5.91 Å². The Bertz CT molecular complexity index is 962. The van der Waals surface area contributed by atoms with Crippen LogP contribution < -0.4 is 5.32 Å². The molecule has 0 aliphatic carbocycles. The molecule has 1 fully saturated rings. The van der Waals surface area contributed by atoms with Crippen molar-refractivity contribution in [3.63, 3.8) is 0 Å². The van der Waals surface area contributed by atoms with E-state index in [0.29, 0.717) is 22.3 Å². The molecule has 0 unspecified atom stereocenters. The molecule has 0 saturated carbocycles. The Morgan fingerprint density at radius 3 is 2.56 bits per heavy atom. The summed E-state index contributed by atoms with van der Waals surface area (Å²) in [6, 6.07) is 14.6. The average molecular weight is 363 g/mol. The molecule has 1 saturated heterocycles. The molecule has 7 heteroatoms. The highest BCUT2D eigenvalue weighted by atomic mass is 16.5. The third kappa shape index (κ3) is 3.25. The van der Waals surface area contributed by atoms with Crippen LogP contribution in [0.4, 0.5) is 4.79 Å². The van der Waals surface area contributed by atoms with Crippen molar-refractivity contribution >= 4 is 17.9 Å². The standard InChI is InChI=1S/C20H17N3O4/c1-20(16-5-3-4-14(10-16)11-21)18(25)23(19(26)22-20)12-13-6-8-15(9-7-13)17(24)27-2/h3-10H,12H2,1-2H3,(H,22,26)/t20-/m0/s1. The summed E-state index contributed by atoms with van der Waals surface area (Å²) >= 11 is 0. The van der Waals surface area contributed by atoms with Crippen LogP contribution in [0.3, 0.4) is 0 Å². The largest absolute Gasteiger partial charge is 0.465 e. The fraction of sp³-hybridized carbons (Fsp3) is 0.200. The van der Waals surface area contributed by atoms with Gasteiger partial charge in [0.2, 0.25) is 0 Å². The van der Waals surface area contributed by atoms with Crippen LogP contribution >= 0.6 is 0 Å². The summed E-state index contributed by atoms with van der Waals surface area (Å²) in [6.07, 6.45) is 0. The number of nitrogens with one attached hydrogen (secondary N) is 1. The molecule has 3 rings (SSSR count). The SMILES string of the molecule is COC(=O)c1ccc(CN2C(=O)N[C@@](C)(c3cccc(C#N)c3)C2=O)cc1. The Morgan fingerprint density at radius 1 is 1.22 bits per heavy atom. The third-order valence-electron chi connectivity index (χ3n) is 4.56. The Morgan fingerprint density at radius 2 is 1.93 bits per heavy atom. The first-order chi connectivity index (χ1) is 12.9. The lowest BCUT2D eigenvalue weighted by Crippen LogP contribution is -2.40. The van der Waals surface area contributed by atoms with Gasteiger partial charge in [0.05, 0.1) is 30.9 Å². The van der Waals surface area contributed by atoms with Crippen LogP contribution in [0.2, 0.25) is 0 Å². The first-order valence-electron chi connectivity index (χ1n) is 8.21. The third-order valence-corrected chi connectivity index (χ3v) is 4.56. The van der Waals surface area contributed by atoms with Crippen molar-refractivity contribution in [1.29, 1.82) is 5.26 Å². The molecule has 1 atom stereocenters. The van der Waals surface area contributed by atoms with Crippen LogP contribution in [-0.2, 0) is 21.6 Å². The van der Waals surface area contributed by atoms with Crippen molar-refractivity contribution in [3.05, 3.63) is 70.8 Å². The number of esters is 1. The summed E-state index contributed by atoms with van der Waals surface area (Å²) in [5.41, 5.74) is 0.796. The molecule has 0 bridgehead atoms. The van der Waals surface area contributed by atoms with Gasteiger partial charge >= 0.3 is 12.0 Å². The molecule has 27 heavy (non-hydrogen) atoms. The normalized spacial score (nSPS) is 18.8. The predicted molar refractivity (Wildman–Crippen MR) is 95.4 cm³/mol. The van der Waals surface area contributed by atoms with Gasteiger partial charge in [0, 0.05) is 0 Å². The lowest BCUT2D eigenvalue weighted by molar-refractivity contribution is -0.131. The molecule has 1 aliphatic heterocycles. The number of rotatable bonds is 4. The van der Waals surface area contributed by atoms with Crippen molar-refractivity contribution in [1.82, 2.24) is 10.2 Å². The number of hydrogen-bond acceptors (Lipinski definition) is 5. The number of hydrogen-bond donors (Lipinski definition) is 1. The van der Waals surface area contributed by atoms with E-state index in [4.69, 9.17) is 5.26 Å². The Balaban J connectivity index is 1.84. The lowest BCUT2D eigenvalue weighted by atomic mass is 9.91. The van der Waals surface area contributed by atoms with E-state index < -0.39 is 23.4 Å². The highest BCUT2D eigenvalue weighted by Gasteiger charge is 2.48. The monoisotopic (exact) mass is 363 g/mol. The van der Waals surface area contributed by atoms with Gasteiger partial charge in [-0.1, -0.05) is 24.3 Å². The van der Waals surface area contributed by atoms with Crippen LogP contribution in [0.5, 0.6) is 0 Å². The van der Waals surface area contributed by atoms with E-state index in [9.17, 15) is 14.4 Å². The number of ether oxygens (including phenoxy) is 1. The topological polar surface area (TPSA) is 99.5 Å². The molecule has 7 nitrogen and oxygen atoms in total. The van der Waals surface area contributed by atoms with Crippen molar-refractivity contribution in [2.75, 3.05) is 7.11 Å². The summed E-state index contributed by atoms with van der Waals surface area (Å²) in [4.78, 5) is 38.0. The molecule has 0 radical (unpaired) electrons. The van der Waals surface area contributed by atoms with Gasteiger partial charge in [0.15, 0.2) is 0 Å². The Hall–Kier alpha value is -3.66. The Kier molecular flexibility index (Phi) is 4.65. The van der Waals surface area contributed by atoms with E-state index in [2.05, 4.69) is 10.1 Å². The van der Waals surface area contributed by atoms with Crippen LogP contribution in [0.1, 0.15) is 34.0 Å². The highest BCUT2D eigenvalue weighted by molar-refractivity contribution is 6.07. The van der Waals surface area contributed by atoms with E-state index in [0.717, 1.165) is 4.90 Å². The van der Waals surface area contributed by atoms with Crippen molar-refractivity contribution in [3.8, 4) is 6.07 Å². The van der Waals surface area contributed by atoms with Gasteiger partial charge < -0.3 is 10.1 Å². The number of methoxy groups -OCH3 is 1. The second kappa shape index (κ2) is 6.92. The molecule has 1 N–H and O–H groups in total. The second-order valence-electron chi connectivity index (χ2n) is 6.33. The maximum atomic E-state index is 12.9. The van der Waals surface area contributed by atoms with E-state index in [-0.39, 0.29) is 6.54 Å². The number of amides is 3. The minimum Gasteiger partial charge on any atom is -0.465 e. The second-order valence-corrected chi connectivity index (χ2v) is 6.33. The lowest BCUT2D eigenvalue weighted by Gasteiger charge is -2.22. The quantitative estimate of drug-likeness (QED) is 0.664. The maximum Gasteiger partial charge on any atom is 0.337 e. The average Bonchev–Trinajstić information content (AvgIpc) is 2.92. The Labute approximate surface area is 156 Å². The zero-order chi connectivity index (χ0) is 19.6. The van der Waals surface area contributed by atoms with E-state index in [1.54, 1.807) is 55.5 Å². The molecule has 1 heterocycles. The molecule has 2 aromatic rings. The summed E-state index contributed by atoms with van der Waals surface area (Å²) in [6.45, 7) is 1.68. The summed E-state index contributed by atoms with van der Waals surface area (Å²) in [5, 5.41) is 11.8. The van der Waals surface area contributed by atoms with Crippen LogP contribution in [0.15, 0.2) is 48.5 Å². The van der Waals surface area contributed by atoms with Gasteiger partial charge in [-0.15, -0.1) is 0 Å². The smallest absolute Gasteiger partial charge is 0.337 e. The minimum absolute atomic E-state index is 0.0691. The van der Waals surface area contributed by atoms with E-state index in [1.165, 1.54) is 7.11 Å². The molecule has 0 aromatic heterocycles. The molecule has 3 amide bonds. The fourth-order valence-electron chi connectivity index (χ4n) is 2.98. The van der Waals surface area contributed by atoms with Gasteiger partial charge in [-0.25, -0.2) is 9.59 Å².